The number of hydrogen-bond acceptors (Lipinski definition) is 7. The van der Waals surface area contributed by atoms with Gasteiger partial charge in [-0.05, 0) is 43.4 Å². The molecule has 182 valence electrons. The van der Waals surface area contributed by atoms with Gasteiger partial charge in [-0.1, -0.05) is 54.5 Å². The number of imidazole rings is 1. The summed E-state index contributed by atoms with van der Waals surface area (Å²) in [5.74, 6) is 6.19. The summed E-state index contributed by atoms with van der Waals surface area (Å²) >= 11 is 0. The van der Waals surface area contributed by atoms with Gasteiger partial charge in [-0.2, -0.15) is 0 Å². The van der Waals surface area contributed by atoms with Crippen LogP contribution in [0.3, 0.4) is 0 Å². The van der Waals surface area contributed by atoms with Crippen LogP contribution in [0, 0.1) is 17.8 Å². The van der Waals surface area contributed by atoms with Crippen LogP contribution in [0.15, 0.2) is 67.0 Å². The second kappa shape index (κ2) is 10.3. The molecular formula is C28H27N5O3. The van der Waals surface area contributed by atoms with Crippen LogP contribution in [0.2, 0.25) is 0 Å². The summed E-state index contributed by atoms with van der Waals surface area (Å²) in [7, 11) is 0. The zero-order chi connectivity index (χ0) is 25.1. The van der Waals surface area contributed by atoms with E-state index in [1.165, 1.54) is 12.5 Å². The number of nitrogens with zero attached hydrogens (tertiary/aromatic N) is 4. The number of hydrogen-bond donors (Lipinski definition) is 3. The average Bonchev–Trinajstić information content (AvgIpc) is 3.45. The van der Waals surface area contributed by atoms with Crippen molar-refractivity contribution in [3.8, 4) is 11.8 Å². The summed E-state index contributed by atoms with van der Waals surface area (Å²) in [6, 6.07) is 19.2. The summed E-state index contributed by atoms with van der Waals surface area (Å²) < 4.78 is 1.73. The lowest BCUT2D eigenvalue weighted by Crippen LogP contribution is -2.31. The van der Waals surface area contributed by atoms with E-state index in [0.717, 1.165) is 12.0 Å². The van der Waals surface area contributed by atoms with Crippen molar-refractivity contribution >= 4 is 22.8 Å². The SMILES string of the molecule is CC(=O)[C@H]1C[C@@H](n2cnc3c(NCCc4ccccc4)nc(C#Cc4ccccc4)nc32)[C@H](O)C1O. The standard InChI is InChI=1S/C28H27N5O3/c1-18(34)21-16-22(26(36)25(21)35)33-17-30-24-27(29-15-14-20-10-6-3-7-11-20)31-23(32-28(24)33)13-12-19-8-4-2-5-9-19/h2-11,17,21-22,25-26,35-36H,14-16H2,1H3,(H,29,31,32)/t21-,22-,25?,26+/m1/s1. The van der Waals surface area contributed by atoms with E-state index in [1.54, 1.807) is 10.9 Å². The maximum absolute atomic E-state index is 12.0. The van der Waals surface area contributed by atoms with Gasteiger partial charge in [-0.15, -0.1) is 0 Å². The Hall–Kier alpha value is -4.06. The van der Waals surface area contributed by atoms with Crippen LogP contribution < -0.4 is 5.32 Å². The zero-order valence-corrected chi connectivity index (χ0v) is 19.9. The second-order valence-electron chi connectivity index (χ2n) is 9.00. The molecule has 2 aromatic heterocycles. The van der Waals surface area contributed by atoms with Crippen molar-refractivity contribution in [2.24, 2.45) is 5.92 Å². The monoisotopic (exact) mass is 481 g/mol. The first-order chi connectivity index (χ1) is 17.5. The van der Waals surface area contributed by atoms with Crippen LogP contribution in [0.4, 0.5) is 5.82 Å². The van der Waals surface area contributed by atoms with Crippen LogP contribution in [0.1, 0.15) is 36.3 Å². The van der Waals surface area contributed by atoms with E-state index in [9.17, 15) is 15.0 Å². The van der Waals surface area contributed by atoms with Gasteiger partial charge in [0.15, 0.2) is 17.0 Å². The largest absolute Gasteiger partial charge is 0.390 e. The van der Waals surface area contributed by atoms with E-state index in [0.29, 0.717) is 35.8 Å². The zero-order valence-electron chi connectivity index (χ0n) is 19.9. The fourth-order valence-corrected chi connectivity index (χ4v) is 4.65. The number of rotatable bonds is 6. The Morgan fingerprint density at radius 1 is 1.03 bits per heavy atom. The van der Waals surface area contributed by atoms with E-state index >= 15 is 0 Å². The first kappa shape index (κ1) is 23.7. The third-order valence-electron chi connectivity index (χ3n) is 6.59. The highest BCUT2D eigenvalue weighted by Crippen LogP contribution is 2.37. The Bertz CT molecular complexity index is 1430. The number of aromatic nitrogens is 4. The number of anilines is 1. The molecule has 0 saturated heterocycles. The Morgan fingerprint density at radius 2 is 1.75 bits per heavy atom. The number of carbonyl (C=O) groups is 1. The summed E-state index contributed by atoms with van der Waals surface area (Å²) in [4.78, 5) is 25.8. The van der Waals surface area contributed by atoms with E-state index in [1.807, 2.05) is 48.5 Å². The molecule has 8 nitrogen and oxygen atoms in total. The predicted molar refractivity (Wildman–Crippen MR) is 136 cm³/mol. The van der Waals surface area contributed by atoms with Crippen molar-refractivity contribution in [1.82, 2.24) is 19.5 Å². The normalized spacial score (nSPS) is 21.2. The highest BCUT2D eigenvalue weighted by atomic mass is 16.3. The number of fused-ring (bicyclic) bond motifs is 1. The van der Waals surface area contributed by atoms with Gasteiger partial charge < -0.3 is 20.1 Å². The van der Waals surface area contributed by atoms with Crippen molar-refractivity contribution in [3.63, 3.8) is 0 Å². The lowest BCUT2D eigenvalue weighted by atomic mass is 10.0. The summed E-state index contributed by atoms with van der Waals surface area (Å²) in [6.45, 7) is 2.06. The van der Waals surface area contributed by atoms with Crippen molar-refractivity contribution in [2.75, 3.05) is 11.9 Å². The van der Waals surface area contributed by atoms with Crippen molar-refractivity contribution in [3.05, 3.63) is 83.9 Å². The fraction of sp³-hybridized carbons (Fsp3) is 0.286. The van der Waals surface area contributed by atoms with Gasteiger partial charge in [-0.25, -0.2) is 15.0 Å². The van der Waals surface area contributed by atoms with Crippen molar-refractivity contribution in [1.29, 1.82) is 0 Å². The molecule has 3 N–H and O–H groups in total. The van der Waals surface area contributed by atoms with Crippen LogP contribution in [-0.2, 0) is 11.2 Å². The number of aliphatic hydroxyl groups is 2. The molecule has 36 heavy (non-hydrogen) atoms. The quantitative estimate of drug-likeness (QED) is 0.363. The third kappa shape index (κ3) is 4.85. The molecule has 1 aliphatic rings. The lowest BCUT2D eigenvalue weighted by Gasteiger charge is -2.18. The van der Waals surface area contributed by atoms with Crippen LogP contribution in [0.5, 0.6) is 0 Å². The topological polar surface area (TPSA) is 113 Å². The maximum atomic E-state index is 12.0. The molecule has 0 aliphatic heterocycles. The predicted octanol–water partition coefficient (Wildman–Crippen LogP) is 2.75. The molecular weight excluding hydrogens is 454 g/mol. The van der Waals surface area contributed by atoms with Crippen molar-refractivity contribution in [2.45, 2.75) is 38.0 Å². The minimum absolute atomic E-state index is 0.152. The Morgan fingerprint density at radius 3 is 2.44 bits per heavy atom. The molecule has 0 radical (unpaired) electrons. The molecule has 1 saturated carbocycles. The number of nitrogens with one attached hydrogen (secondary N) is 1. The Kier molecular flexibility index (Phi) is 6.76. The van der Waals surface area contributed by atoms with Crippen molar-refractivity contribution < 1.29 is 15.0 Å². The molecule has 4 aromatic rings. The number of Topliss-reactive ketones (excluding diaryl/α,β-unsaturated/α-hetero) is 1. The van der Waals surface area contributed by atoms with Gasteiger partial charge >= 0.3 is 0 Å². The lowest BCUT2D eigenvalue weighted by molar-refractivity contribution is -0.124. The smallest absolute Gasteiger partial charge is 0.209 e. The summed E-state index contributed by atoms with van der Waals surface area (Å²) in [5, 5.41) is 24.5. The molecule has 8 heteroatoms. The first-order valence-corrected chi connectivity index (χ1v) is 12.0. The molecule has 0 amide bonds. The van der Waals surface area contributed by atoms with Crippen LogP contribution >= 0.6 is 0 Å². The van der Waals surface area contributed by atoms with E-state index < -0.39 is 24.2 Å². The van der Waals surface area contributed by atoms with Crippen LogP contribution in [0.25, 0.3) is 11.2 Å². The molecule has 4 atom stereocenters. The molecule has 1 fully saturated rings. The van der Waals surface area contributed by atoms with Gasteiger partial charge in [0, 0.05) is 18.0 Å². The van der Waals surface area contributed by atoms with E-state index in [4.69, 9.17) is 0 Å². The minimum atomic E-state index is -1.13. The number of aliphatic hydroxyl groups excluding tert-OH is 2. The Balaban J connectivity index is 1.51. The second-order valence-corrected chi connectivity index (χ2v) is 9.00. The van der Waals surface area contributed by atoms with Gasteiger partial charge in [-0.3, -0.25) is 4.79 Å². The minimum Gasteiger partial charge on any atom is -0.390 e. The maximum Gasteiger partial charge on any atom is 0.209 e. The van der Waals surface area contributed by atoms with Gasteiger partial charge in [0.2, 0.25) is 5.82 Å². The molecule has 5 rings (SSSR count). The number of carbonyl (C=O) groups excluding carboxylic acids is 1. The highest BCUT2D eigenvalue weighted by Gasteiger charge is 2.45. The van der Waals surface area contributed by atoms with Gasteiger partial charge in [0.25, 0.3) is 0 Å². The molecule has 0 spiro atoms. The number of ketones is 1. The molecule has 2 aromatic carbocycles. The molecule has 0 bridgehead atoms. The molecule has 2 heterocycles. The summed E-state index contributed by atoms with van der Waals surface area (Å²) in [5.41, 5.74) is 3.07. The highest BCUT2D eigenvalue weighted by molar-refractivity contribution is 5.84. The van der Waals surface area contributed by atoms with E-state index in [-0.39, 0.29) is 5.78 Å². The van der Waals surface area contributed by atoms with Crippen LogP contribution in [-0.4, -0.2) is 54.3 Å². The van der Waals surface area contributed by atoms with Gasteiger partial charge in [0.05, 0.1) is 18.5 Å². The fourth-order valence-electron chi connectivity index (χ4n) is 4.65. The Labute approximate surface area is 209 Å². The number of benzene rings is 2. The molecule has 1 unspecified atom stereocenters. The van der Waals surface area contributed by atoms with E-state index in [2.05, 4.69) is 44.2 Å². The van der Waals surface area contributed by atoms with Gasteiger partial charge in [0.1, 0.15) is 11.9 Å². The molecule has 1 aliphatic carbocycles. The summed E-state index contributed by atoms with van der Waals surface area (Å²) in [6.07, 6.45) is 0.437. The third-order valence-corrected chi connectivity index (χ3v) is 6.59. The average molecular weight is 482 g/mol. The first-order valence-electron chi connectivity index (χ1n) is 12.0.